The lowest BCUT2D eigenvalue weighted by molar-refractivity contribution is 0.241. The molecular weight excluding hydrogens is 142 g/mol. The largest absolute Gasteiger partial charge is 0.508 e. The number of rotatable bonds is 0. The van der Waals surface area contributed by atoms with Crippen molar-refractivity contribution < 1.29 is 9.84 Å². The summed E-state index contributed by atoms with van der Waals surface area (Å²) in [6.07, 6.45) is 0.441. The Morgan fingerprint density at radius 1 is 1.55 bits per heavy atom. The molecule has 1 aliphatic heterocycles. The first-order chi connectivity index (χ1) is 5.25. The van der Waals surface area contributed by atoms with Crippen LogP contribution in [-0.4, -0.2) is 11.3 Å². The molecule has 0 radical (unpaired) electrons. The van der Waals surface area contributed by atoms with Crippen LogP contribution < -0.4 is 10.5 Å². The molecule has 1 aromatic rings. The van der Waals surface area contributed by atoms with Crippen molar-refractivity contribution in [3.8, 4) is 11.5 Å². The van der Waals surface area contributed by atoms with Gasteiger partial charge < -0.3 is 9.84 Å². The second kappa shape index (κ2) is 2.13. The number of ether oxygens (including phenoxy) is 1. The molecule has 0 spiro atoms. The van der Waals surface area contributed by atoms with Gasteiger partial charge in [0.2, 0.25) is 0 Å². The highest BCUT2D eigenvalue weighted by Crippen LogP contribution is 2.29. The Balaban J connectivity index is 2.43. The monoisotopic (exact) mass is 151 g/mol. The molecule has 0 amide bonds. The number of hydrogen-bond acceptors (Lipinski definition) is 3. The molecule has 1 aromatic carbocycles. The third-order valence-corrected chi connectivity index (χ3v) is 1.74. The second-order valence-electron chi connectivity index (χ2n) is 2.65. The van der Waals surface area contributed by atoms with Crippen molar-refractivity contribution in [2.75, 3.05) is 0 Å². The number of fused-ring (bicyclic) bond motifs is 1. The highest BCUT2D eigenvalue weighted by molar-refractivity contribution is 5.42. The molecule has 0 saturated carbocycles. The van der Waals surface area contributed by atoms with E-state index in [4.69, 9.17) is 15.6 Å². The van der Waals surface area contributed by atoms with Crippen molar-refractivity contribution in [3.63, 3.8) is 0 Å². The van der Waals surface area contributed by atoms with Gasteiger partial charge in [-0.2, -0.15) is 0 Å². The Morgan fingerprint density at radius 2 is 2.36 bits per heavy atom. The van der Waals surface area contributed by atoms with Crippen LogP contribution >= 0.6 is 0 Å². The topological polar surface area (TPSA) is 55.5 Å². The van der Waals surface area contributed by atoms with E-state index in [1.165, 1.54) is 0 Å². The zero-order chi connectivity index (χ0) is 7.84. The zero-order valence-corrected chi connectivity index (χ0v) is 5.95. The molecule has 2 rings (SSSR count). The average molecular weight is 151 g/mol. The molecule has 1 atom stereocenters. The number of benzene rings is 1. The van der Waals surface area contributed by atoms with Crippen LogP contribution in [0, 0.1) is 0 Å². The van der Waals surface area contributed by atoms with Gasteiger partial charge >= 0.3 is 0 Å². The lowest BCUT2D eigenvalue weighted by Crippen LogP contribution is -2.23. The standard InChI is InChI=1S/C8H9NO2/c9-8-4-5-3-6(10)1-2-7(5)11-8/h1-3,8,10H,4,9H2. The van der Waals surface area contributed by atoms with Crippen molar-refractivity contribution in [2.24, 2.45) is 5.73 Å². The summed E-state index contributed by atoms with van der Waals surface area (Å²) in [6.45, 7) is 0. The predicted molar refractivity (Wildman–Crippen MR) is 40.4 cm³/mol. The van der Waals surface area contributed by atoms with E-state index in [0.717, 1.165) is 11.3 Å². The first-order valence-electron chi connectivity index (χ1n) is 3.50. The first-order valence-corrected chi connectivity index (χ1v) is 3.50. The molecule has 0 aliphatic carbocycles. The van der Waals surface area contributed by atoms with Gasteiger partial charge in [-0.3, -0.25) is 5.73 Å². The maximum atomic E-state index is 9.09. The van der Waals surface area contributed by atoms with Crippen LogP contribution in [0.25, 0.3) is 0 Å². The van der Waals surface area contributed by atoms with E-state index in [0.29, 0.717) is 6.42 Å². The van der Waals surface area contributed by atoms with Gasteiger partial charge in [0, 0.05) is 12.0 Å². The van der Waals surface area contributed by atoms with E-state index >= 15 is 0 Å². The van der Waals surface area contributed by atoms with Crippen LogP contribution in [0.4, 0.5) is 0 Å². The van der Waals surface area contributed by atoms with Crippen LogP contribution in [0.1, 0.15) is 5.56 Å². The van der Waals surface area contributed by atoms with E-state index in [1.807, 2.05) is 0 Å². The summed E-state index contributed by atoms with van der Waals surface area (Å²) in [5, 5.41) is 9.09. The van der Waals surface area contributed by atoms with Gasteiger partial charge in [0.1, 0.15) is 11.5 Å². The normalized spacial score (nSPS) is 21.0. The summed E-state index contributed by atoms with van der Waals surface area (Å²) in [6, 6.07) is 5.01. The van der Waals surface area contributed by atoms with Crippen molar-refractivity contribution in [3.05, 3.63) is 23.8 Å². The predicted octanol–water partition coefficient (Wildman–Crippen LogP) is 0.612. The molecule has 58 valence electrons. The Morgan fingerprint density at radius 3 is 3.18 bits per heavy atom. The zero-order valence-electron chi connectivity index (χ0n) is 5.95. The number of nitrogens with two attached hydrogens (primary N) is 1. The third-order valence-electron chi connectivity index (χ3n) is 1.74. The maximum absolute atomic E-state index is 9.09. The number of aromatic hydroxyl groups is 1. The summed E-state index contributed by atoms with van der Waals surface area (Å²) in [4.78, 5) is 0. The Bertz CT molecular complexity index is 285. The Hall–Kier alpha value is -1.22. The van der Waals surface area contributed by atoms with E-state index < -0.39 is 0 Å². The molecule has 0 saturated heterocycles. The minimum absolute atomic E-state index is 0.244. The smallest absolute Gasteiger partial charge is 0.151 e. The quantitative estimate of drug-likeness (QED) is 0.571. The molecule has 0 aromatic heterocycles. The van der Waals surface area contributed by atoms with Gasteiger partial charge in [0.25, 0.3) is 0 Å². The summed E-state index contributed by atoms with van der Waals surface area (Å²) in [5.74, 6) is 1.05. The first kappa shape index (κ1) is 6.49. The van der Waals surface area contributed by atoms with Gasteiger partial charge in [-0.15, -0.1) is 0 Å². The third kappa shape index (κ3) is 1.03. The van der Waals surface area contributed by atoms with Gasteiger partial charge in [0.15, 0.2) is 6.23 Å². The number of phenols is 1. The molecule has 3 heteroatoms. The Kier molecular flexibility index (Phi) is 1.26. The van der Waals surface area contributed by atoms with Crippen molar-refractivity contribution in [1.82, 2.24) is 0 Å². The van der Waals surface area contributed by atoms with E-state index in [-0.39, 0.29) is 12.0 Å². The highest BCUT2D eigenvalue weighted by atomic mass is 16.5. The van der Waals surface area contributed by atoms with Crippen LogP contribution in [-0.2, 0) is 6.42 Å². The highest BCUT2D eigenvalue weighted by Gasteiger charge is 2.18. The lowest BCUT2D eigenvalue weighted by atomic mass is 10.1. The summed E-state index contributed by atoms with van der Waals surface area (Å²) in [7, 11) is 0. The van der Waals surface area contributed by atoms with Crippen LogP contribution in [0.3, 0.4) is 0 Å². The molecule has 3 N–H and O–H groups in total. The fraction of sp³-hybridized carbons (Fsp3) is 0.250. The molecular formula is C8H9NO2. The van der Waals surface area contributed by atoms with Crippen LogP contribution in [0.15, 0.2) is 18.2 Å². The van der Waals surface area contributed by atoms with E-state index in [2.05, 4.69) is 0 Å². The molecule has 1 unspecified atom stereocenters. The van der Waals surface area contributed by atoms with Crippen molar-refractivity contribution >= 4 is 0 Å². The number of hydrogen-bond donors (Lipinski definition) is 2. The molecule has 0 fully saturated rings. The maximum Gasteiger partial charge on any atom is 0.151 e. The lowest BCUT2D eigenvalue weighted by Gasteiger charge is -2.01. The van der Waals surface area contributed by atoms with E-state index in [9.17, 15) is 0 Å². The van der Waals surface area contributed by atoms with E-state index in [1.54, 1.807) is 18.2 Å². The fourth-order valence-corrected chi connectivity index (χ4v) is 1.26. The average Bonchev–Trinajstić information content (AvgIpc) is 2.27. The minimum atomic E-state index is -0.244. The molecule has 3 nitrogen and oxygen atoms in total. The summed E-state index contributed by atoms with van der Waals surface area (Å²) >= 11 is 0. The summed E-state index contributed by atoms with van der Waals surface area (Å²) in [5.41, 5.74) is 6.52. The van der Waals surface area contributed by atoms with Crippen LogP contribution in [0.2, 0.25) is 0 Å². The second-order valence-corrected chi connectivity index (χ2v) is 2.65. The molecule has 1 aliphatic rings. The van der Waals surface area contributed by atoms with Gasteiger partial charge in [-0.25, -0.2) is 0 Å². The summed E-state index contributed by atoms with van der Waals surface area (Å²) < 4.78 is 5.23. The van der Waals surface area contributed by atoms with Crippen molar-refractivity contribution in [1.29, 1.82) is 0 Å². The van der Waals surface area contributed by atoms with Crippen LogP contribution in [0.5, 0.6) is 11.5 Å². The SMILES string of the molecule is NC1Cc2cc(O)ccc2O1. The molecule has 0 bridgehead atoms. The van der Waals surface area contributed by atoms with Gasteiger partial charge in [-0.05, 0) is 18.2 Å². The minimum Gasteiger partial charge on any atom is -0.508 e. The fourth-order valence-electron chi connectivity index (χ4n) is 1.26. The van der Waals surface area contributed by atoms with Gasteiger partial charge in [-0.1, -0.05) is 0 Å². The number of phenolic OH excluding ortho intramolecular Hbond substituents is 1. The van der Waals surface area contributed by atoms with Gasteiger partial charge in [0.05, 0.1) is 0 Å². The van der Waals surface area contributed by atoms with Crippen molar-refractivity contribution in [2.45, 2.75) is 12.6 Å². The Labute approximate surface area is 64.4 Å². The molecule has 11 heavy (non-hydrogen) atoms. The molecule has 1 heterocycles.